The van der Waals surface area contributed by atoms with Crippen LogP contribution >= 0.6 is 0 Å². The molecule has 0 aliphatic carbocycles. The van der Waals surface area contributed by atoms with Crippen molar-refractivity contribution in [3.63, 3.8) is 0 Å². The first kappa shape index (κ1) is 11.9. The van der Waals surface area contributed by atoms with Gasteiger partial charge in [0.1, 0.15) is 5.75 Å². The average Bonchev–Trinajstić information content (AvgIpc) is 2.27. The van der Waals surface area contributed by atoms with Gasteiger partial charge in [0.25, 0.3) is 0 Å². The Morgan fingerprint density at radius 3 is 2.59 bits per heavy atom. The number of ether oxygens (including phenoxy) is 2. The second-order valence-electron chi connectivity index (χ2n) is 5.04. The van der Waals surface area contributed by atoms with Crippen LogP contribution in [0.1, 0.15) is 19.4 Å². The first-order valence-electron chi connectivity index (χ1n) is 5.69. The van der Waals surface area contributed by atoms with E-state index in [1.54, 1.807) is 7.11 Å². The van der Waals surface area contributed by atoms with Crippen LogP contribution in [0.2, 0.25) is 0 Å². The summed E-state index contributed by atoms with van der Waals surface area (Å²) < 4.78 is 10.6. The molecule has 0 amide bonds. The summed E-state index contributed by atoms with van der Waals surface area (Å²) in [5, 5.41) is 9.35. The van der Waals surface area contributed by atoms with Gasteiger partial charge in [0.2, 0.25) is 0 Å². The van der Waals surface area contributed by atoms with E-state index >= 15 is 0 Å². The molecule has 0 atom stereocenters. The lowest BCUT2D eigenvalue weighted by molar-refractivity contribution is -0.102. The fourth-order valence-electron chi connectivity index (χ4n) is 2.22. The van der Waals surface area contributed by atoms with Gasteiger partial charge in [0.15, 0.2) is 0 Å². The Kier molecular flexibility index (Phi) is 2.84. The lowest BCUT2D eigenvalue weighted by Gasteiger charge is -2.49. The Balaban J connectivity index is 2.46. The fraction of sp³-hybridized carbons (Fsp3) is 0.500. The Hall–Kier alpha value is -1.53. The molecule has 90 valence electrons. The molecule has 1 aliphatic heterocycles. The molecular weight excluding hydrogens is 214 g/mol. The van der Waals surface area contributed by atoms with Crippen LogP contribution in [0, 0.1) is 16.7 Å². The van der Waals surface area contributed by atoms with E-state index in [-0.39, 0.29) is 5.41 Å². The second-order valence-corrected chi connectivity index (χ2v) is 5.04. The van der Waals surface area contributed by atoms with E-state index in [0.29, 0.717) is 13.2 Å². The minimum atomic E-state index is -0.447. The molecule has 1 saturated heterocycles. The third-order valence-electron chi connectivity index (χ3n) is 3.80. The number of hydrogen-bond acceptors (Lipinski definition) is 3. The topological polar surface area (TPSA) is 42.2 Å². The molecule has 0 saturated carbocycles. The Labute approximate surface area is 102 Å². The number of nitriles is 1. The van der Waals surface area contributed by atoms with Crippen LogP contribution < -0.4 is 4.74 Å². The van der Waals surface area contributed by atoms with Crippen molar-refractivity contribution in [1.82, 2.24) is 0 Å². The third kappa shape index (κ3) is 1.69. The molecule has 3 nitrogen and oxygen atoms in total. The van der Waals surface area contributed by atoms with Crippen molar-refractivity contribution in [2.24, 2.45) is 5.41 Å². The van der Waals surface area contributed by atoms with Crippen molar-refractivity contribution in [1.29, 1.82) is 5.26 Å². The first-order chi connectivity index (χ1) is 8.05. The van der Waals surface area contributed by atoms with Crippen molar-refractivity contribution >= 4 is 0 Å². The molecule has 17 heavy (non-hydrogen) atoms. The van der Waals surface area contributed by atoms with Crippen molar-refractivity contribution in [3.05, 3.63) is 29.8 Å². The summed E-state index contributed by atoms with van der Waals surface area (Å²) >= 11 is 0. The largest absolute Gasteiger partial charge is 0.497 e. The summed E-state index contributed by atoms with van der Waals surface area (Å²) in [6.07, 6.45) is 0. The van der Waals surface area contributed by atoms with Crippen LogP contribution in [0.25, 0.3) is 0 Å². The highest BCUT2D eigenvalue weighted by atomic mass is 16.5. The van der Waals surface area contributed by atoms with Gasteiger partial charge in [-0.05, 0) is 31.5 Å². The molecule has 2 rings (SSSR count). The van der Waals surface area contributed by atoms with Gasteiger partial charge < -0.3 is 9.47 Å². The van der Waals surface area contributed by atoms with Crippen LogP contribution in [0.4, 0.5) is 0 Å². The maximum absolute atomic E-state index is 9.35. The summed E-state index contributed by atoms with van der Waals surface area (Å²) in [5.74, 6) is 0.822. The van der Waals surface area contributed by atoms with Crippen LogP contribution in [0.5, 0.6) is 5.75 Å². The maximum Gasteiger partial charge on any atom is 0.119 e. The lowest BCUT2D eigenvalue weighted by atomic mass is 9.61. The van der Waals surface area contributed by atoms with Crippen LogP contribution in [-0.2, 0) is 10.2 Å². The van der Waals surface area contributed by atoms with Crippen molar-refractivity contribution < 1.29 is 9.47 Å². The SMILES string of the molecule is COc1cccc(C2(C(C)(C)C#N)COC2)c1. The quantitative estimate of drug-likeness (QED) is 0.802. The fourth-order valence-corrected chi connectivity index (χ4v) is 2.22. The van der Waals surface area contributed by atoms with Crippen LogP contribution in [0.3, 0.4) is 0 Å². The predicted molar refractivity (Wildman–Crippen MR) is 64.9 cm³/mol. The first-order valence-corrected chi connectivity index (χ1v) is 5.69. The summed E-state index contributed by atoms with van der Waals surface area (Å²) in [6, 6.07) is 10.3. The zero-order chi connectivity index (χ0) is 12.5. The Morgan fingerprint density at radius 2 is 2.12 bits per heavy atom. The van der Waals surface area contributed by atoms with E-state index in [1.807, 2.05) is 38.1 Å². The molecule has 0 aromatic heterocycles. The smallest absolute Gasteiger partial charge is 0.119 e. The van der Waals surface area contributed by atoms with Gasteiger partial charge in [-0.1, -0.05) is 12.1 Å². The summed E-state index contributed by atoms with van der Waals surface area (Å²) in [7, 11) is 1.65. The zero-order valence-electron chi connectivity index (χ0n) is 10.5. The summed E-state index contributed by atoms with van der Waals surface area (Å²) in [4.78, 5) is 0. The van der Waals surface area contributed by atoms with Crippen LogP contribution in [0.15, 0.2) is 24.3 Å². The van der Waals surface area contributed by atoms with Gasteiger partial charge in [-0.15, -0.1) is 0 Å². The summed E-state index contributed by atoms with van der Waals surface area (Å²) in [5.41, 5.74) is 0.461. The molecule has 0 spiro atoms. The molecule has 1 aromatic carbocycles. The van der Waals surface area contributed by atoms with Gasteiger partial charge in [-0.3, -0.25) is 0 Å². The van der Waals surface area contributed by atoms with E-state index in [9.17, 15) is 5.26 Å². The molecule has 1 aromatic rings. The highest BCUT2D eigenvalue weighted by Crippen LogP contribution is 2.47. The van der Waals surface area contributed by atoms with E-state index < -0.39 is 5.41 Å². The summed E-state index contributed by atoms with van der Waals surface area (Å²) in [6.45, 7) is 5.13. The monoisotopic (exact) mass is 231 g/mol. The average molecular weight is 231 g/mol. The van der Waals surface area contributed by atoms with Crippen LogP contribution in [-0.4, -0.2) is 20.3 Å². The lowest BCUT2D eigenvalue weighted by Crippen LogP contribution is -2.56. The number of benzene rings is 1. The molecule has 0 unspecified atom stereocenters. The van der Waals surface area contributed by atoms with Gasteiger partial charge in [-0.2, -0.15) is 5.26 Å². The number of nitrogens with zero attached hydrogens (tertiary/aromatic N) is 1. The normalized spacial score (nSPS) is 18.0. The van der Waals surface area contributed by atoms with Gasteiger partial charge in [0.05, 0.1) is 37.2 Å². The van der Waals surface area contributed by atoms with Crippen molar-refractivity contribution in [2.45, 2.75) is 19.3 Å². The highest BCUT2D eigenvalue weighted by Gasteiger charge is 2.52. The van der Waals surface area contributed by atoms with Gasteiger partial charge >= 0.3 is 0 Å². The van der Waals surface area contributed by atoms with E-state index in [1.165, 1.54) is 0 Å². The maximum atomic E-state index is 9.35. The van der Waals surface area contributed by atoms with Gasteiger partial charge in [-0.25, -0.2) is 0 Å². The second kappa shape index (κ2) is 4.05. The number of methoxy groups -OCH3 is 1. The van der Waals surface area contributed by atoms with Gasteiger partial charge in [0, 0.05) is 0 Å². The molecule has 1 aliphatic rings. The molecule has 0 N–H and O–H groups in total. The Morgan fingerprint density at radius 1 is 1.41 bits per heavy atom. The van der Waals surface area contributed by atoms with Crippen molar-refractivity contribution in [2.75, 3.05) is 20.3 Å². The third-order valence-corrected chi connectivity index (χ3v) is 3.80. The van der Waals surface area contributed by atoms with E-state index in [0.717, 1.165) is 11.3 Å². The minimum Gasteiger partial charge on any atom is -0.497 e. The molecule has 1 heterocycles. The Bertz CT molecular complexity index is 456. The zero-order valence-corrected chi connectivity index (χ0v) is 10.5. The number of hydrogen-bond donors (Lipinski definition) is 0. The molecule has 1 fully saturated rings. The molecule has 3 heteroatoms. The molecule has 0 radical (unpaired) electrons. The number of rotatable bonds is 3. The standard InChI is InChI=1S/C14H17NO2/c1-13(2,8-15)14(9-17-10-14)11-5-4-6-12(7-11)16-3/h4-7H,9-10H2,1-3H3. The molecular formula is C14H17NO2. The van der Waals surface area contributed by atoms with E-state index in [2.05, 4.69) is 6.07 Å². The molecule has 0 bridgehead atoms. The predicted octanol–water partition coefficient (Wildman–Crippen LogP) is 2.51. The van der Waals surface area contributed by atoms with Crippen molar-refractivity contribution in [3.8, 4) is 11.8 Å². The minimum absolute atomic E-state index is 0.212. The highest BCUT2D eigenvalue weighted by molar-refractivity contribution is 5.39. The van der Waals surface area contributed by atoms with E-state index in [4.69, 9.17) is 9.47 Å².